The molecule has 0 saturated heterocycles. The number of hydroxylamine groups is 1. The zero-order valence-electron chi connectivity index (χ0n) is 13.4. The molecule has 0 bridgehead atoms. The van der Waals surface area contributed by atoms with E-state index in [2.05, 4.69) is 0 Å². The van der Waals surface area contributed by atoms with Crippen molar-refractivity contribution in [3.63, 3.8) is 0 Å². The van der Waals surface area contributed by atoms with Gasteiger partial charge in [-0.2, -0.15) is 0 Å². The van der Waals surface area contributed by atoms with Gasteiger partial charge in [-0.05, 0) is 35.7 Å². The SMILES string of the molecule is O=C(NO)C1(CS(=O)(=O)c2ccc3ccccc3c2)CCCCC1. The molecular weight excluding hydrogens is 326 g/mol. The maximum Gasteiger partial charge on any atom is 0.250 e. The number of hydrogen-bond acceptors (Lipinski definition) is 4. The van der Waals surface area contributed by atoms with E-state index in [1.807, 2.05) is 24.3 Å². The van der Waals surface area contributed by atoms with E-state index in [1.165, 1.54) is 0 Å². The van der Waals surface area contributed by atoms with Crippen molar-refractivity contribution in [2.75, 3.05) is 5.75 Å². The van der Waals surface area contributed by atoms with Crippen molar-refractivity contribution in [3.8, 4) is 0 Å². The minimum atomic E-state index is -3.64. The van der Waals surface area contributed by atoms with Crippen molar-refractivity contribution >= 4 is 26.5 Å². The summed E-state index contributed by atoms with van der Waals surface area (Å²) in [7, 11) is -3.64. The van der Waals surface area contributed by atoms with Crippen LogP contribution in [0, 0.1) is 5.41 Å². The molecule has 1 fully saturated rings. The lowest BCUT2D eigenvalue weighted by Crippen LogP contribution is -2.45. The van der Waals surface area contributed by atoms with Gasteiger partial charge in [0.15, 0.2) is 9.84 Å². The van der Waals surface area contributed by atoms with Gasteiger partial charge in [-0.3, -0.25) is 10.0 Å². The highest BCUT2D eigenvalue weighted by atomic mass is 32.2. The molecule has 2 aromatic carbocycles. The largest absolute Gasteiger partial charge is 0.289 e. The highest BCUT2D eigenvalue weighted by Crippen LogP contribution is 2.39. The molecule has 0 unspecified atom stereocenters. The lowest BCUT2D eigenvalue weighted by atomic mass is 9.75. The fraction of sp³-hybridized carbons (Fsp3) is 0.389. The Balaban J connectivity index is 1.97. The predicted molar refractivity (Wildman–Crippen MR) is 91.4 cm³/mol. The molecule has 0 radical (unpaired) electrons. The van der Waals surface area contributed by atoms with Crippen molar-refractivity contribution < 1.29 is 18.4 Å². The van der Waals surface area contributed by atoms with Gasteiger partial charge in [0.05, 0.1) is 16.1 Å². The maximum absolute atomic E-state index is 12.9. The van der Waals surface area contributed by atoms with E-state index >= 15 is 0 Å². The summed E-state index contributed by atoms with van der Waals surface area (Å²) < 4.78 is 25.8. The molecule has 24 heavy (non-hydrogen) atoms. The molecule has 0 heterocycles. The average molecular weight is 347 g/mol. The third kappa shape index (κ3) is 3.16. The Morgan fingerprint density at radius 1 is 1.04 bits per heavy atom. The van der Waals surface area contributed by atoms with Crippen molar-refractivity contribution in [3.05, 3.63) is 42.5 Å². The first-order valence-electron chi connectivity index (χ1n) is 8.13. The van der Waals surface area contributed by atoms with Gasteiger partial charge in [-0.15, -0.1) is 0 Å². The van der Waals surface area contributed by atoms with Crippen molar-refractivity contribution in [1.82, 2.24) is 5.48 Å². The van der Waals surface area contributed by atoms with E-state index in [0.717, 1.165) is 30.0 Å². The number of nitrogens with one attached hydrogen (secondary N) is 1. The van der Waals surface area contributed by atoms with E-state index in [4.69, 9.17) is 5.21 Å². The fourth-order valence-corrected chi connectivity index (χ4v) is 5.49. The summed E-state index contributed by atoms with van der Waals surface area (Å²) >= 11 is 0. The molecule has 5 nitrogen and oxygen atoms in total. The summed E-state index contributed by atoms with van der Waals surface area (Å²) in [5.41, 5.74) is 0.632. The Kier molecular flexibility index (Phi) is 4.60. The second-order valence-corrected chi connectivity index (χ2v) is 8.54. The lowest BCUT2D eigenvalue weighted by molar-refractivity contribution is -0.140. The quantitative estimate of drug-likeness (QED) is 0.658. The molecule has 0 atom stereocenters. The van der Waals surface area contributed by atoms with E-state index in [1.54, 1.807) is 23.7 Å². The number of amides is 1. The fourth-order valence-electron chi connectivity index (χ4n) is 3.59. The smallest absolute Gasteiger partial charge is 0.250 e. The Bertz CT molecular complexity index is 854. The van der Waals surface area contributed by atoms with E-state index in [0.29, 0.717) is 12.8 Å². The monoisotopic (exact) mass is 347 g/mol. The minimum Gasteiger partial charge on any atom is -0.289 e. The van der Waals surface area contributed by atoms with Crippen LogP contribution in [0.2, 0.25) is 0 Å². The summed E-state index contributed by atoms with van der Waals surface area (Å²) in [6, 6.07) is 12.6. The van der Waals surface area contributed by atoms with Gasteiger partial charge in [0.25, 0.3) is 5.91 Å². The number of fused-ring (bicyclic) bond motifs is 1. The molecule has 2 N–H and O–H groups in total. The molecule has 1 amide bonds. The van der Waals surface area contributed by atoms with E-state index in [-0.39, 0.29) is 10.6 Å². The van der Waals surface area contributed by atoms with Gasteiger partial charge in [0.2, 0.25) is 0 Å². The van der Waals surface area contributed by atoms with Crippen molar-refractivity contribution in [2.45, 2.75) is 37.0 Å². The van der Waals surface area contributed by atoms with Crippen LogP contribution in [0.5, 0.6) is 0 Å². The maximum atomic E-state index is 12.9. The third-order valence-corrected chi connectivity index (χ3v) is 6.85. The van der Waals surface area contributed by atoms with Gasteiger partial charge < -0.3 is 0 Å². The second-order valence-electron chi connectivity index (χ2n) is 6.55. The molecule has 1 aliphatic carbocycles. The van der Waals surface area contributed by atoms with Gasteiger partial charge in [0.1, 0.15) is 0 Å². The Labute approximate surface area is 141 Å². The van der Waals surface area contributed by atoms with E-state index in [9.17, 15) is 13.2 Å². The summed E-state index contributed by atoms with van der Waals surface area (Å²) in [5, 5.41) is 10.9. The molecule has 128 valence electrons. The number of carbonyl (C=O) groups is 1. The zero-order chi connectivity index (χ0) is 17.2. The number of sulfone groups is 1. The lowest BCUT2D eigenvalue weighted by Gasteiger charge is -2.34. The van der Waals surface area contributed by atoms with Crippen LogP contribution in [-0.2, 0) is 14.6 Å². The first-order chi connectivity index (χ1) is 11.5. The number of hydrogen-bond donors (Lipinski definition) is 2. The van der Waals surface area contributed by atoms with Gasteiger partial charge in [0, 0.05) is 0 Å². The summed E-state index contributed by atoms with van der Waals surface area (Å²) in [6.07, 6.45) is 3.52. The van der Waals surface area contributed by atoms with Crippen LogP contribution in [-0.4, -0.2) is 25.3 Å². The van der Waals surface area contributed by atoms with Crippen LogP contribution in [0.3, 0.4) is 0 Å². The van der Waals surface area contributed by atoms with Gasteiger partial charge >= 0.3 is 0 Å². The molecular formula is C18H21NO4S. The van der Waals surface area contributed by atoms with Crippen LogP contribution in [0.4, 0.5) is 0 Å². The van der Waals surface area contributed by atoms with Crippen LogP contribution < -0.4 is 5.48 Å². The summed E-state index contributed by atoms with van der Waals surface area (Å²) in [4.78, 5) is 12.4. The summed E-state index contributed by atoms with van der Waals surface area (Å²) in [5.74, 6) is -0.864. The third-order valence-electron chi connectivity index (χ3n) is 4.94. The number of rotatable bonds is 4. The Morgan fingerprint density at radius 2 is 1.71 bits per heavy atom. The number of benzene rings is 2. The van der Waals surface area contributed by atoms with Crippen molar-refractivity contribution in [1.29, 1.82) is 0 Å². The van der Waals surface area contributed by atoms with Crippen LogP contribution >= 0.6 is 0 Å². The molecule has 2 aromatic rings. The molecule has 0 spiro atoms. The van der Waals surface area contributed by atoms with Gasteiger partial charge in [-0.25, -0.2) is 13.9 Å². The zero-order valence-corrected chi connectivity index (χ0v) is 14.2. The molecule has 0 aromatic heterocycles. The van der Waals surface area contributed by atoms with Crippen LogP contribution in [0.25, 0.3) is 10.8 Å². The van der Waals surface area contributed by atoms with Crippen LogP contribution in [0.15, 0.2) is 47.4 Å². The second kappa shape index (κ2) is 6.53. The van der Waals surface area contributed by atoms with Gasteiger partial charge in [-0.1, -0.05) is 49.6 Å². The molecule has 1 saturated carbocycles. The number of carbonyl (C=O) groups excluding carboxylic acids is 1. The van der Waals surface area contributed by atoms with E-state index < -0.39 is 21.2 Å². The normalized spacial score (nSPS) is 17.5. The first kappa shape index (κ1) is 16.9. The molecule has 6 heteroatoms. The Hall–Kier alpha value is -1.92. The minimum absolute atomic E-state index is 0.219. The molecule has 0 aliphatic heterocycles. The van der Waals surface area contributed by atoms with Crippen LogP contribution in [0.1, 0.15) is 32.1 Å². The van der Waals surface area contributed by atoms with Crippen molar-refractivity contribution in [2.24, 2.45) is 5.41 Å². The Morgan fingerprint density at radius 3 is 2.38 bits per heavy atom. The highest BCUT2D eigenvalue weighted by Gasteiger charge is 2.43. The predicted octanol–water partition coefficient (Wildman–Crippen LogP) is 3.07. The first-order valence-corrected chi connectivity index (χ1v) is 9.78. The highest BCUT2D eigenvalue weighted by molar-refractivity contribution is 7.91. The molecule has 1 aliphatic rings. The standard InChI is InChI=1S/C18H21NO4S/c20-17(19-21)18(10-4-1-5-11-18)13-24(22,23)16-9-8-14-6-2-3-7-15(14)12-16/h2-3,6-9,12,21H,1,4-5,10-11,13H2,(H,19,20). The average Bonchev–Trinajstić information content (AvgIpc) is 2.61. The topological polar surface area (TPSA) is 83.5 Å². The molecule has 3 rings (SSSR count). The summed E-state index contributed by atoms with van der Waals surface area (Å²) in [6.45, 7) is 0.